The van der Waals surface area contributed by atoms with Gasteiger partial charge in [-0.05, 0) is 48.9 Å². The molecule has 2 heterocycles. The number of fused-ring (bicyclic) bond motifs is 1. The lowest BCUT2D eigenvalue weighted by Gasteiger charge is -2.19. The molecule has 0 fully saturated rings. The van der Waals surface area contributed by atoms with Crippen LogP contribution in [0.15, 0.2) is 78.0 Å². The van der Waals surface area contributed by atoms with Crippen LogP contribution in [0.25, 0.3) is 5.69 Å². The van der Waals surface area contributed by atoms with Crippen molar-refractivity contribution in [1.29, 1.82) is 0 Å². The van der Waals surface area contributed by atoms with Crippen LogP contribution < -0.4 is 14.8 Å². The molecule has 1 amide bonds. The fourth-order valence-electron chi connectivity index (χ4n) is 3.70. The number of carbonyl (C=O) groups is 1. The van der Waals surface area contributed by atoms with Gasteiger partial charge in [-0.3, -0.25) is 9.36 Å². The Balaban J connectivity index is 1.36. The van der Waals surface area contributed by atoms with E-state index in [0.717, 1.165) is 11.3 Å². The Bertz CT molecular complexity index is 1330. The molecule has 5 rings (SSSR count). The van der Waals surface area contributed by atoms with Crippen LogP contribution >= 0.6 is 11.8 Å². The fourth-order valence-corrected chi connectivity index (χ4v) is 4.58. The number of anilines is 1. The molecule has 0 aliphatic carbocycles. The van der Waals surface area contributed by atoms with Crippen LogP contribution in [-0.4, -0.2) is 39.1 Å². The van der Waals surface area contributed by atoms with Gasteiger partial charge in [0.2, 0.25) is 5.91 Å². The molecule has 4 aromatic rings. The van der Waals surface area contributed by atoms with Gasteiger partial charge in [-0.15, -0.1) is 10.2 Å². The Morgan fingerprint density at radius 3 is 2.54 bits per heavy atom. The molecular formula is C26H23FN4O3S. The van der Waals surface area contributed by atoms with Crippen LogP contribution in [-0.2, 0) is 11.2 Å². The van der Waals surface area contributed by atoms with Crippen LogP contribution in [0.5, 0.6) is 11.5 Å². The summed E-state index contributed by atoms with van der Waals surface area (Å²) in [6, 6.07) is 21.4. The number of amides is 1. The van der Waals surface area contributed by atoms with Crippen molar-refractivity contribution in [3.8, 4) is 17.2 Å². The van der Waals surface area contributed by atoms with Gasteiger partial charge in [0.25, 0.3) is 0 Å². The second-order valence-corrected chi connectivity index (χ2v) is 9.29. The zero-order valence-corrected chi connectivity index (χ0v) is 19.8. The molecule has 1 aromatic heterocycles. The molecule has 0 saturated heterocycles. The summed E-state index contributed by atoms with van der Waals surface area (Å²) in [5, 5.41) is 11.8. The highest BCUT2D eigenvalue weighted by molar-refractivity contribution is 8.00. The molecule has 0 saturated carbocycles. The van der Waals surface area contributed by atoms with Gasteiger partial charge in [-0.2, -0.15) is 0 Å². The zero-order chi connectivity index (χ0) is 24.2. The minimum absolute atomic E-state index is 0.190. The van der Waals surface area contributed by atoms with E-state index >= 15 is 0 Å². The Morgan fingerprint density at radius 2 is 1.77 bits per heavy atom. The van der Waals surface area contributed by atoms with E-state index in [4.69, 9.17) is 9.47 Å². The maximum atomic E-state index is 13.6. The van der Waals surface area contributed by atoms with Crippen LogP contribution in [0.2, 0.25) is 0 Å². The number of hydrogen-bond donors (Lipinski definition) is 1. The normalized spacial score (nSPS) is 13.3. The number of nitrogens with zero attached hydrogens (tertiary/aromatic N) is 3. The van der Waals surface area contributed by atoms with Crippen LogP contribution in [0.4, 0.5) is 10.1 Å². The standard InChI is InChI=1S/C26H23FN4O3S/c1-17(25(32)28-20-9-12-22-23(16-20)34-14-13-33-22)35-26-30-29-24(15-18-5-3-2-4-6-18)31(26)21-10-7-19(27)8-11-21/h2-12,16-17H,13-15H2,1H3,(H,28,32). The molecule has 0 radical (unpaired) electrons. The molecule has 9 heteroatoms. The number of halogens is 1. The molecule has 0 bridgehead atoms. The SMILES string of the molecule is CC(Sc1nnc(Cc2ccccc2)n1-c1ccc(F)cc1)C(=O)Nc1ccc2c(c1)OCCO2. The Morgan fingerprint density at radius 1 is 1.03 bits per heavy atom. The molecule has 3 aromatic carbocycles. The Hall–Kier alpha value is -3.85. The van der Waals surface area contributed by atoms with Crippen molar-refractivity contribution in [2.75, 3.05) is 18.5 Å². The summed E-state index contributed by atoms with van der Waals surface area (Å²) < 4.78 is 26.6. The van der Waals surface area contributed by atoms with E-state index < -0.39 is 5.25 Å². The maximum Gasteiger partial charge on any atom is 0.237 e. The number of ether oxygens (including phenoxy) is 2. The maximum absolute atomic E-state index is 13.6. The third kappa shape index (κ3) is 5.30. The van der Waals surface area contributed by atoms with Crippen LogP contribution in [0.3, 0.4) is 0 Å². The molecule has 178 valence electrons. The highest BCUT2D eigenvalue weighted by Crippen LogP contribution is 2.33. The number of rotatable bonds is 7. The first-order chi connectivity index (χ1) is 17.1. The molecule has 0 spiro atoms. The van der Waals surface area contributed by atoms with E-state index in [0.29, 0.717) is 47.8 Å². The van der Waals surface area contributed by atoms with Crippen molar-refractivity contribution in [2.45, 2.75) is 23.8 Å². The molecular weight excluding hydrogens is 467 g/mol. The topological polar surface area (TPSA) is 78.3 Å². The lowest BCUT2D eigenvalue weighted by atomic mass is 10.1. The van der Waals surface area contributed by atoms with Crippen molar-refractivity contribution in [3.63, 3.8) is 0 Å². The second-order valence-electron chi connectivity index (χ2n) is 7.98. The molecule has 1 N–H and O–H groups in total. The van der Waals surface area contributed by atoms with E-state index in [-0.39, 0.29) is 11.7 Å². The molecule has 1 aliphatic rings. The molecule has 7 nitrogen and oxygen atoms in total. The minimum atomic E-state index is -0.476. The average molecular weight is 491 g/mol. The van der Waals surface area contributed by atoms with E-state index in [1.54, 1.807) is 37.3 Å². The minimum Gasteiger partial charge on any atom is -0.486 e. The van der Waals surface area contributed by atoms with Gasteiger partial charge < -0.3 is 14.8 Å². The van der Waals surface area contributed by atoms with E-state index in [1.165, 1.54) is 23.9 Å². The molecule has 1 aliphatic heterocycles. The van der Waals surface area contributed by atoms with Gasteiger partial charge in [0.05, 0.1) is 5.25 Å². The monoisotopic (exact) mass is 490 g/mol. The van der Waals surface area contributed by atoms with Gasteiger partial charge in [0.15, 0.2) is 16.7 Å². The number of nitrogens with one attached hydrogen (secondary N) is 1. The van der Waals surface area contributed by atoms with Gasteiger partial charge in [0.1, 0.15) is 24.9 Å². The number of carbonyl (C=O) groups excluding carboxylic acids is 1. The van der Waals surface area contributed by atoms with Gasteiger partial charge in [0, 0.05) is 23.9 Å². The predicted octanol–water partition coefficient (Wildman–Crippen LogP) is 4.89. The summed E-state index contributed by atoms with van der Waals surface area (Å²) in [5.74, 6) is 1.45. The quantitative estimate of drug-likeness (QED) is 0.372. The third-order valence-electron chi connectivity index (χ3n) is 5.45. The summed E-state index contributed by atoms with van der Waals surface area (Å²) in [7, 11) is 0. The number of hydrogen-bond acceptors (Lipinski definition) is 6. The van der Waals surface area contributed by atoms with Crippen molar-refractivity contribution in [2.24, 2.45) is 0 Å². The smallest absolute Gasteiger partial charge is 0.237 e. The molecule has 1 atom stereocenters. The van der Waals surface area contributed by atoms with Gasteiger partial charge >= 0.3 is 0 Å². The average Bonchev–Trinajstić information content (AvgIpc) is 3.26. The number of benzene rings is 3. The van der Waals surface area contributed by atoms with Crippen LogP contribution in [0.1, 0.15) is 18.3 Å². The van der Waals surface area contributed by atoms with Gasteiger partial charge in [-0.25, -0.2) is 4.39 Å². The zero-order valence-electron chi connectivity index (χ0n) is 19.0. The van der Waals surface area contributed by atoms with E-state index in [9.17, 15) is 9.18 Å². The lowest BCUT2D eigenvalue weighted by molar-refractivity contribution is -0.115. The first kappa shape index (κ1) is 22.9. The van der Waals surface area contributed by atoms with Crippen molar-refractivity contribution in [3.05, 3.63) is 90.0 Å². The van der Waals surface area contributed by atoms with Gasteiger partial charge in [-0.1, -0.05) is 42.1 Å². The molecule has 35 heavy (non-hydrogen) atoms. The Labute approximate surface area is 206 Å². The third-order valence-corrected chi connectivity index (χ3v) is 6.49. The second kappa shape index (κ2) is 10.2. The van der Waals surface area contributed by atoms with Crippen molar-refractivity contribution in [1.82, 2.24) is 14.8 Å². The van der Waals surface area contributed by atoms with E-state index in [1.807, 2.05) is 34.9 Å². The highest BCUT2D eigenvalue weighted by Gasteiger charge is 2.22. The predicted molar refractivity (Wildman–Crippen MR) is 132 cm³/mol. The summed E-state index contributed by atoms with van der Waals surface area (Å²) in [6.45, 7) is 2.78. The fraction of sp³-hybridized carbons (Fsp3) is 0.192. The summed E-state index contributed by atoms with van der Waals surface area (Å²) >= 11 is 1.28. The van der Waals surface area contributed by atoms with Crippen LogP contribution in [0, 0.1) is 5.82 Å². The first-order valence-electron chi connectivity index (χ1n) is 11.2. The highest BCUT2D eigenvalue weighted by atomic mass is 32.2. The first-order valence-corrected chi connectivity index (χ1v) is 12.1. The van der Waals surface area contributed by atoms with E-state index in [2.05, 4.69) is 15.5 Å². The summed E-state index contributed by atoms with van der Waals surface area (Å²) in [4.78, 5) is 13.0. The van der Waals surface area contributed by atoms with Crippen molar-refractivity contribution >= 4 is 23.4 Å². The summed E-state index contributed by atoms with van der Waals surface area (Å²) in [5.41, 5.74) is 2.42. The summed E-state index contributed by atoms with van der Waals surface area (Å²) in [6.07, 6.45) is 0.545. The number of aromatic nitrogens is 3. The largest absolute Gasteiger partial charge is 0.486 e. The lowest BCUT2D eigenvalue weighted by Crippen LogP contribution is -2.23. The number of thioether (sulfide) groups is 1. The Kier molecular flexibility index (Phi) is 6.67. The van der Waals surface area contributed by atoms with Crippen molar-refractivity contribution < 1.29 is 18.7 Å². The molecule has 1 unspecified atom stereocenters.